The van der Waals surface area contributed by atoms with Gasteiger partial charge in [-0.05, 0) is 26.0 Å². The highest BCUT2D eigenvalue weighted by atomic mass is 16.6. The Bertz CT molecular complexity index is 503. The van der Waals surface area contributed by atoms with Gasteiger partial charge in [-0.25, -0.2) is 9.98 Å². The quantitative estimate of drug-likeness (QED) is 0.622. The molecule has 1 heterocycles. The van der Waals surface area contributed by atoms with Crippen molar-refractivity contribution in [3.05, 3.63) is 39.9 Å². The molecule has 0 aliphatic carbocycles. The minimum absolute atomic E-state index is 0.0677. The van der Waals surface area contributed by atoms with Gasteiger partial charge in [-0.1, -0.05) is 0 Å². The van der Waals surface area contributed by atoms with Crippen LogP contribution in [0.1, 0.15) is 19.4 Å². The van der Waals surface area contributed by atoms with Gasteiger partial charge in [0.1, 0.15) is 11.5 Å². The van der Waals surface area contributed by atoms with Gasteiger partial charge in [-0.3, -0.25) is 10.1 Å². The summed E-state index contributed by atoms with van der Waals surface area (Å²) in [6.07, 6.45) is 1.59. The van der Waals surface area contributed by atoms with Crippen LogP contribution in [-0.4, -0.2) is 22.8 Å². The Morgan fingerprint density at radius 3 is 2.47 bits per heavy atom. The predicted octanol–water partition coefficient (Wildman–Crippen LogP) is 1.71. The molecule has 0 unspecified atom stereocenters. The van der Waals surface area contributed by atoms with E-state index < -0.39 is 10.6 Å². The van der Waals surface area contributed by atoms with Crippen molar-refractivity contribution in [3.8, 4) is 0 Å². The van der Waals surface area contributed by atoms with Crippen molar-refractivity contribution in [2.45, 2.75) is 19.5 Å². The second-order valence-corrected chi connectivity index (χ2v) is 4.16. The van der Waals surface area contributed by atoms with Crippen LogP contribution in [0.3, 0.4) is 0 Å². The smallest absolute Gasteiger partial charge is 0.269 e. The van der Waals surface area contributed by atoms with E-state index in [9.17, 15) is 10.1 Å². The first-order valence-corrected chi connectivity index (χ1v) is 5.13. The fourth-order valence-corrected chi connectivity index (χ4v) is 1.48. The second-order valence-electron chi connectivity index (χ2n) is 4.16. The van der Waals surface area contributed by atoms with Crippen LogP contribution in [0, 0.1) is 10.1 Å². The minimum Gasteiger partial charge on any atom is -0.331 e. The van der Waals surface area contributed by atoms with Gasteiger partial charge in [-0.15, -0.1) is 0 Å². The van der Waals surface area contributed by atoms with E-state index in [0.29, 0.717) is 5.84 Å². The number of hydrogen-bond acceptors (Lipinski definition) is 5. The van der Waals surface area contributed by atoms with Crippen LogP contribution in [0.5, 0.6) is 0 Å². The normalized spacial score (nSPS) is 17.2. The standard InChI is InChI=1S/C11H12N4O2/c1-11(2)13-7-12-10(14-11)8-3-5-9(6-4-8)15(16)17/h3-7H,1-2H3,(H,12,13,14). The molecule has 17 heavy (non-hydrogen) atoms. The summed E-state index contributed by atoms with van der Waals surface area (Å²) in [6.45, 7) is 3.77. The van der Waals surface area contributed by atoms with Crippen LogP contribution in [0.2, 0.25) is 0 Å². The molecule has 0 spiro atoms. The molecule has 6 heteroatoms. The molecule has 1 N–H and O–H groups in total. The fraction of sp³-hybridized carbons (Fsp3) is 0.273. The number of aliphatic imine (C=N–C) groups is 2. The summed E-state index contributed by atoms with van der Waals surface area (Å²) in [7, 11) is 0. The van der Waals surface area contributed by atoms with E-state index in [4.69, 9.17) is 0 Å². The molecule has 0 radical (unpaired) electrons. The lowest BCUT2D eigenvalue weighted by atomic mass is 10.1. The summed E-state index contributed by atoms with van der Waals surface area (Å²) in [5.74, 6) is 0.667. The maximum atomic E-state index is 10.5. The average Bonchev–Trinajstić information content (AvgIpc) is 2.28. The molecule has 0 saturated carbocycles. The van der Waals surface area contributed by atoms with Gasteiger partial charge in [0.25, 0.3) is 5.69 Å². The lowest BCUT2D eigenvalue weighted by Crippen LogP contribution is -2.33. The van der Waals surface area contributed by atoms with Crippen molar-refractivity contribution in [1.29, 1.82) is 0 Å². The monoisotopic (exact) mass is 232 g/mol. The van der Waals surface area contributed by atoms with Crippen LogP contribution in [-0.2, 0) is 0 Å². The number of benzene rings is 1. The van der Waals surface area contributed by atoms with Crippen molar-refractivity contribution >= 4 is 17.9 Å². The molecule has 1 aromatic carbocycles. The number of hydrogen-bond donors (Lipinski definition) is 1. The third-order valence-electron chi connectivity index (χ3n) is 2.32. The molecule has 6 nitrogen and oxygen atoms in total. The molecule has 0 bridgehead atoms. The minimum atomic E-state index is -0.498. The Hall–Kier alpha value is -2.24. The number of nitrogens with zero attached hydrogens (tertiary/aromatic N) is 3. The number of rotatable bonds is 2. The first-order valence-electron chi connectivity index (χ1n) is 5.13. The molecule has 1 aliphatic rings. The second kappa shape index (κ2) is 3.97. The average molecular weight is 232 g/mol. The van der Waals surface area contributed by atoms with Gasteiger partial charge < -0.3 is 5.32 Å². The largest absolute Gasteiger partial charge is 0.331 e. The maximum absolute atomic E-state index is 10.5. The van der Waals surface area contributed by atoms with Crippen LogP contribution in [0.25, 0.3) is 0 Å². The molecule has 0 atom stereocenters. The topological polar surface area (TPSA) is 79.9 Å². The van der Waals surface area contributed by atoms with E-state index in [-0.39, 0.29) is 5.69 Å². The Balaban J connectivity index is 2.30. The Labute approximate surface area is 98.2 Å². The maximum Gasteiger partial charge on any atom is 0.269 e. The highest BCUT2D eigenvalue weighted by Crippen LogP contribution is 2.17. The van der Waals surface area contributed by atoms with E-state index in [1.165, 1.54) is 12.1 Å². The van der Waals surface area contributed by atoms with E-state index in [1.54, 1.807) is 18.5 Å². The predicted molar refractivity (Wildman–Crippen MR) is 65.3 cm³/mol. The molecule has 2 rings (SSSR count). The zero-order valence-electron chi connectivity index (χ0n) is 9.54. The number of nitro benzene ring substituents is 1. The number of amidine groups is 1. The highest BCUT2D eigenvalue weighted by molar-refractivity contribution is 6.05. The van der Waals surface area contributed by atoms with Crippen LogP contribution >= 0.6 is 0 Å². The van der Waals surface area contributed by atoms with Gasteiger partial charge in [0.05, 0.1) is 11.3 Å². The summed E-state index contributed by atoms with van der Waals surface area (Å²) < 4.78 is 0. The van der Waals surface area contributed by atoms with Crippen LogP contribution in [0.15, 0.2) is 34.3 Å². The molecule has 0 amide bonds. The van der Waals surface area contributed by atoms with Crippen LogP contribution in [0.4, 0.5) is 5.69 Å². The van der Waals surface area contributed by atoms with Crippen molar-refractivity contribution in [2.75, 3.05) is 0 Å². The van der Waals surface area contributed by atoms with Gasteiger partial charge in [0.2, 0.25) is 0 Å². The summed E-state index contributed by atoms with van der Waals surface area (Å²) in [6, 6.07) is 6.25. The van der Waals surface area contributed by atoms with Gasteiger partial charge >= 0.3 is 0 Å². The third kappa shape index (κ3) is 2.47. The number of non-ortho nitro benzene ring substituents is 1. The molecule has 0 saturated heterocycles. The Morgan fingerprint density at radius 1 is 1.29 bits per heavy atom. The summed E-state index contributed by atoms with van der Waals surface area (Å²) in [5, 5.41) is 13.5. The Morgan fingerprint density at radius 2 is 1.94 bits per heavy atom. The third-order valence-corrected chi connectivity index (χ3v) is 2.32. The molecule has 1 aliphatic heterocycles. The molecule has 0 fully saturated rings. The van der Waals surface area contributed by atoms with Crippen molar-refractivity contribution in [2.24, 2.45) is 9.98 Å². The van der Waals surface area contributed by atoms with E-state index >= 15 is 0 Å². The molecule has 0 aromatic heterocycles. The van der Waals surface area contributed by atoms with Crippen molar-refractivity contribution in [1.82, 2.24) is 5.32 Å². The van der Waals surface area contributed by atoms with E-state index in [1.807, 2.05) is 13.8 Å². The van der Waals surface area contributed by atoms with E-state index in [0.717, 1.165) is 5.56 Å². The molecule has 88 valence electrons. The van der Waals surface area contributed by atoms with Crippen molar-refractivity contribution in [3.63, 3.8) is 0 Å². The lowest BCUT2D eigenvalue weighted by Gasteiger charge is -2.21. The molecular weight excluding hydrogens is 220 g/mol. The van der Waals surface area contributed by atoms with E-state index in [2.05, 4.69) is 15.3 Å². The summed E-state index contributed by atoms with van der Waals surface area (Å²) in [4.78, 5) is 18.7. The Kier molecular flexibility index (Phi) is 2.63. The lowest BCUT2D eigenvalue weighted by molar-refractivity contribution is -0.384. The summed E-state index contributed by atoms with van der Waals surface area (Å²) >= 11 is 0. The first-order chi connectivity index (χ1) is 7.98. The zero-order chi connectivity index (χ0) is 12.5. The van der Waals surface area contributed by atoms with Crippen LogP contribution < -0.4 is 5.32 Å². The molecular formula is C11H12N4O2. The van der Waals surface area contributed by atoms with Crippen molar-refractivity contribution < 1.29 is 4.92 Å². The first kappa shape index (κ1) is 11.3. The SMILES string of the molecule is CC1(C)N=CNC(c2ccc([N+](=O)[O-])cc2)=N1. The number of nitro groups is 1. The summed E-state index contributed by atoms with van der Waals surface area (Å²) in [5.41, 5.74) is 0.371. The fourth-order valence-electron chi connectivity index (χ4n) is 1.48. The van der Waals surface area contributed by atoms with Gasteiger partial charge in [0, 0.05) is 17.7 Å². The number of nitrogens with one attached hydrogen (secondary N) is 1. The van der Waals surface area contributed by atoms with Gasteiger partial charge in [0.15, 0.2) is 0 Å². The highest BCUT2D eigenvalue weighted by Gasteiger charge is 2.19. The zero-order valence-corrected chi connectivity index (χ0v) is 9.54. The molecule has 1 aromatic rings. The van der Waals surface area contributed by atoms with Gasteiger partial charge in [-0.2, -0.15) is 0 Å².